The van der Waals surface area contributed by atoms with Crippen LogP contribution in [-0.2, 0) is 14.4 Å². The van der Waals surface area contributed by atoms with Crippen molar-refractivity contribution in [1.29, 1.82) is 0 Å². The second-order valence-corrected chi connectivity index (χ2v) is 2.28. The minimum Gasteiger partial charge on any atom is -0.428 e. The fourth-order valence-electron chi connectivity index (χ4n) is 0.916. The van der Waals surface area contributed by atoms with Gasteiger partial charge in [-0.25, -0.2) is 0 Å². The van der Waals surface area contributed by atoms with Crippen molar-refractivity contribution < 1.29 is 28.6 Å². The van der Waals surface area contributed by atoms with Gasteiger partial charge in [0, 0.05) is 18.2 Å². The molecule has 0 aromatic heterocycles. The van der Waals surface area contributed by atoms with E-state index in [2.05, 4.69) is 14.2 Å². The third-order valence-electron chi connectivity index (χ3n) is 1.41. The number of hydrogen-bond acceptors (Lipinski definition) is 6. The molecular formula is C11H12O6. The largest absolute Gasteiger partial charge is 0.428 e. The molecule has 0 aliphatic heterocycles. The Labute approximate surface area is 98.1 Å². The van der Waals surface area contributed by atoms with Crippen LogP contribution < -0.4 is 14.2 Å². The van der Waals surface area contributed by atoms with Crippen molar-refractivity contribution in [1.82, 2.24) is 0 Å². The number of ether oxygens (including phenoxy) is 3. The van der Waals surface area contributed by atoms with Crippen molar-refractivity contribution in [3.8, 4) is 17.2 Å². The highest BCUT2D eigenvalue weighted by Gasteiger charge is 2.04. The van der Waals surface area contributed by atoms with E-state index >= 15 is 0 Å². The molecule has 0 bridgehead atoms. The molecule has 0 heterocycles. The molecule has 0 fully saturated rings. The van der Waals surface area contributed by atoms with Gasteiger partial charge in [0.25, 0.3) is 19.4 Å². The highest BCUT2D eigenvalue weighted by Crippen LogP contribution is 2.26. The predicted octanol–water partition coefficient (Wildman–Crippen LogP) is 1.32. The van der Waals surface area contributed by atoms with Crippen LogP contribution in [-0.4, -0.2) is 19.4 Å². The molecule has 0 N–H and O–H groups in total. The molecule has 0 aliphatic carbocycles. The van der Waals surface area contributed by atoms with Crippen LogP contribution in [0.2, 0.25) is 0 Å². The normalized spacial score (nSPS) is 8.12. The Kier molecular flexibility index (Phi) is 7.66. The molecule has 1 aromatic carbocycles. The Morgan fingerprint density at radius 1 is 0.706 bits per heavy atom. The second-order valence-electron chi connectivity index (χ2n) is 2.28. The summed E-state index contributed by atoms with van der Waals surface area (Å²) in [6.07, 6.45) is 0. The van der Waals surface area contributed by atoms with Crippen LogP contribution in [0.5, 0.6) is 17.2 Å². The van der Waals surface area contributed by atoms with Crippen molar-refractivity contribution in [2.75, 3.05) is 0 Å². The van der Waals surface area contributed by atoms with Crippen LogP contribution in [0.1, 0.15) is 13.8 Å². The lowest BCUT2D eigenvalue weighted by molar-refractivity contribution is -0.121. The Hall–Kier alpha value is -2.37. The van der Waals surface area contributed by atoms with E-state index in [1.807, 2.05) is 13.8 Å². The molecule has 0 amide bonds. The molecule has 0 spiro atoms. The van der Waals surface area contributed by atoms with Crippen LogP contribution in [0.3, 0.4) is 0 Å². The van der Waals surface area contributed by atoms with Gasteiger partial charge >= 0.3 is 0 Å². The van der Waals surface area contributed by atoms with Gasteiger partial charge in [-0.1, -0.05) is 13.8 Å². The molecule has 0 unspecified atom stereocenters. The number of hydrogen-bond donors (Lipinski definition) is 0. The highest BCUT2D eigenvalue weighted by atomic mass is 16.5. The summed E-state index contributed by atoms with van der Waals surface area (Å²) in [4.78, 5) is 30.2. The first-order valence-electron chi connectivity index (χ1n) is 4.76. The average Bonchev–Trinajstić information content (AvgIpc) is 2.33. The SMILES string of the molecule is CC.O=COc1cc(OC=O)cc(OC=O)c1. The first-order chi connectivity index (χ1) is 8.30. The van der Waals surface area contributed by atoms with E-state index < -0.39 is 0 Å². The van der Waals surface area contributed by atoms with Gasteiger partial charge in [-0.3, -0.25) is 14.4 Å². The van der Waals surface area contributed by atoms with Crippen LogP contribution in [0.15, 0.2) is 18.2 Å². The maximum absolute atomic E-state index is 10.1. The molecule has 6 heteroatoms. The van der Waals surface area contributed by atoms with Crippen molar-refractivity contribution in [3.05, 3.63) is 18.2 Å². The number of rotatable bonds is 6. The molecule has 0 radical (unpaired) electrons. The number of carbonyl (C=O) groups excluding carboxylic acids is 3. The second kappa shape index (κ2) is 8.90. The fourth-order valence-corrected chi connectivity index (χ4v) is 0.916. The summed E-state index contributed by atoms with van der Waals surface area (Å²) in [6.45, 7) is 4.60. The monoisotopic (exact) mass is 240 g/mol. The summed E-state index contributed by atoms with van der Waals surface area (Å²) in [5, 5.41) is 0. The van der Waals surface area contributed by atoms with Crippen molar-refractivity contribution >= 4 is 19.4 Å². The Bertz CT molecular complexity index is 305. The third kappa shape index (κ3) is 5.31. The Morgan fingerprint density at radius 2 is 0.941 bits per heavy atom. The van der Waals surface area contributed by atoms with Gasteiger partial charge in [-0.2, -0.15) is 0 Å². The maximum atomic E-state index is 10.1. The van der Waals surface area contributed by atoms with Gasteiger partial charge in [0.05, 0.1) is 0 Å². The average molecular weight is 240 g/mol. The fraction of sp³-hybridized carbons (Fsp3) is 0.182. The van der Waals surface area contributed by atoms with Gasteiger partial charge in [0.15, 0.2) is 0 Å². The van der Waals surface area contributed by atoms with Gasteiger partial charge in [-0.15, -0.1) is 0 Å². The molecule has 0 atom stereocenters. The zero-order valence-corrected chi connectivity index (χ0v) is 9.41. The Balaban J connectivity index is 0.00000121. The van der Waals surface area contributed by atoms with E-state index in [0.29, 0.717) is 0 Å². The maximum Gasteiger partial charge on any atom is 0.298 e. The molecule has 6 nitrogen and oxygen atoms in total. The smallest absolute Gasteiger partial charge is 0.298 e. The quantitative estimate of drug-likeness (QED) is 0.698. The van der Waals surface area contributed by atoms with Crippen LogP contribution in [0.4, 0.5) is 0 Å². The topological polar surface area (TPSA) is 78.9 Å². The van der Waals surface area contributed by atoms with Gasteiger partial charge in [0.1, 0.15) is 17.2 Å². The standard InChI is InChI=1S/C9H6O6.C2H6/c10-4-13-7-1-8(14-5-11)3-9(2-7)15-6-12;1-2/h1-6H;1-2H3. The summed E-state index contributed by atoms with van der Waals surface area (Å²) in [6, 6.07) is 3.88. The van der Waals surface area contributed by atoms with Crippen molar-refractivity contribution in [2.24, 2.45) is 0 Å². The summed E-state index contributed by atoms with van der Waals surface area (Å²) in [5.41, 5.74) is 0. The lowest BCUT2D eigenvalue weighted by Gasteiger charge is -2.04. The number of carbonyl (C=O) groups is 3. The zero-order chi connectivity index (χ0) is 13.1. The van der Waals surface area contributed by atoms with Crippen molar-refractivity contribution in [2.45, 2.75) is 13.8 Å². The summed E-state index contributed by atoms with van der Waals surface area (Å²) < 4.78 is 13.5. The summed E-state index contributed by atoms with van der Waals surface area (Å²) in [5.74, 6) is 0.295. The van der Waals surface area contributed by atoms with Crippen LogP contribution in [0.25, 0.3) is 0 Å². The molecule has 17 heavy (non-hydrogen) atoms. The number of benzene rings is 1. The van der Waals surface area contributed by atoms with Crippen molar-refractivity contribution in [3.63, 3.8) is 0 Å². The molecule has 1 rings (SSSR count). The van der Waals surface area contributed by atoms with Gasteiger partial charge in [0.2, 0.25) is 0 Å². The summed E-state index contributed by atoms with van der Waals surface area (Å²) in [7, 11) is 0. The first kappa shape index (κ1) is 14.6. The highest BCUT2D eigenvalue weighted by molar-refractivity contribution is 5.55. The lowest BCUT2D eigenvalue weighted by atomic mass is 10.3. The van der Waals surface area contributed by atoms with E-state index in [9.17, 15) is 14.4 Å². The molecule has 0 saturated heterocycles. The summed E-state index contributed by atoms with van der Waals surface area (Å²) >= 11 is 0. The molecule has 0 saturated carbocycles. The van der Waals surface area contributed by atoms with Crippen LogP contribution >= 0.6 is 0 Å². The minimum atomic E-state index is 0.0983. The zero-order valence-electron chi connectivity index (χ0n) is 9.41. The Morgan fingerprint density at radius 3 is 1.12 bits per heavy atom. The lowest BCUT2D eigenvalue weighted by Crippen LogP contribution is -1.95. The molecule has 0 aliphatic rings. The third-order valence-corrected chi connectivity index (χ3v) is 1.41. The predicted molar refractivity (Wildman–Crippen MR) is 57.9 cm³/mol. The first-order valence-corrected chi connectivity index (χ1v) is 4.76. The van der Waals surface area contributed by atoms with E-state index in [1.165, 1.54) is 18.2 Å². The molecule has 1 aromatic rings. The molecule has 92 valence electrons. The van der Waals surface area contributed by atoms with E-state index in [0.717, 1.165) is 0 Å². The minimum absolute atomic E-state index is 0.0983. The van der Waals surface area contributed by atoms with Crippen LogP contribution in [0, 0.1) is 0 Å². The van der Waals surface area contributed by atoms with E-state index in [-0.39, 0.29) is 36.7 Å². The van der Waals surface area contributed by atoms with Gasteiger partial charge in [-0.05, 0) is 0 Å². The van der Waals surface area contributed by atoms with E-state index in [4.69, 9.17) is 0 Å². The van der Waals surface area contributed by atoms with Gasteiger partial charge < -0.3 is 14.2 Å². The van der Waals surface area contributed by atoms with E-state index in [1.54, 1.807) is 0 Å². The molecular weight excluding hydrogens is 228 g/mol.